The van der Waals surface area contributed by atoms with Crippen molar-refractivity contribution in [1.82, 2.24) is 4.90 Å². The molecule has 1 heterocycles. The number of ether oxygens (including phenoxy) is 2. The van der Waals surface area contributed by atoms with Crippen LogP contribution in [0, 0.1) is 0 Å². The number of nitrogens with zero attached hydrogens (tertiary/aromatic N) is 1. The van der Waals surface area contributed by atoms with Gasteiger partial charge in [-0.3, -0.25) is 14.5 Å². The fourth-order valence-electron chi connectivity index (χ4n) is 3.38. The Kier molecular flexibility index (Phi) is 6.21. The monoisotopic (exact) mass is 381 g/mol. The predicted molar refractivity (Wildman–Crippen MR) is 103 cm³/mol. The number of fused-ring (bicyclic) bond motifs is 1. The first-order valence-electron chi connectivity index (χ1n) is 9.20. The highest BCUT2D eigenvalue weighted by atomic mass is 16.5. The van der Waals surface area contributed by atoms with E-state index in [2.05, 4.69) is 0 Å². The molecule has 2 amide bonds. The van der Waals surface area contributed by atoms with E-state index in [9.17, 15) is 14.4 Å². The molecule has 0 aromatic heterocycles. The van der Waals surface area contributed by atoms with E-state index in [0.717, 1.165) is 5.56 Å². The smallest absolute Gasteiger partial charge is 0.337 e. The summed E-state index contributed by atoms with van der Waals surface area (Å²) in [7, 11) is 3.00. The van der Waals surface area contributed by atoms with Crippen molar-refractivity contribution in [2.75, 3.05) is 20.8 Å². The van der Waals surface area contributed by atoms with Crippen LogP contribution >= 0.6 is 0 Å². The summed E-state index contributed by atoms with van der Waals surface area (Å²) in [4.78, 5) is 37.6. The predicted octanol–water partition coefficient (Wildman–Crippen LogP) is 3.11. The van der Waals surface area contributed by atoms with Gasteiger partial charge in [0.1, 0.15) is 0 Å². The Morgan fingerprint density at radius 3 is 2.11 bits per heavy atom. The molecule has 0 bridgehead atoms. The molecular weight excluding hydrogens is 358 g/mol. The van der Waals surface area contributed by atoms with Crippen LogP contribution in [0.15, 0.2) is 48.5 Å². The van der Waals surface area contributed by atoms with E-state index in [4.69, 9.17) is 9.47 Å². The number of esters is 1. The largest absolute Gasteiger partial charge is 0.465 e. The Labute approximate surface area is 164 Å². The summed E-state index contributed by atoms with van der Waals surface area (Å²) in [6, 6.07) is 14.1. The number of amides is 2. The van der Waals surface area contributed by atoms with Gasteiger partial charge in [0.05, 0.1) is 29.9 Å². The number of methoxy groups -OCH3 is 2. The average Bonchev–Trinajstić information content (AvgIpc) is 2.98. The Balaban J connectivity index is 1.53. The zero-order valence-electron chi connectivity index (χ0n) is 16.0. The minimum atomic E-state index is -0.365. The van der Waals surface area contributed by atoms with Gasteiger partial charge in [0.2, 0.25) is 0 Å². The molecule has 0 spiro atoms. The maximum atomic E-state index is 12.4. The molecule has 6 heteroatoms. The van der Waals surface area contributed by atoms with E-state index in [1.165, 1.54) is 12.0 Å². The van der Waals surface area contributed by atoms with Crippen molar-refractivity contribution in [2.24, 2.45) is 0 Å². The zero-order chi connectivity index (χ0) is 20.1. The normalized spacial score (nSPS) is 14.1. The first-order valence-corrected chi connectivity index (χ1v) is 9.20. The van der Waals surface area contributed by atoms with Gasteiger partial charge in [-0.15, -0.1) is 0 Å². The minimum Gasteiger partial charge on any atom is -0.465 e. The van der Waals surface area contributed by atoms with Crippen LogP contribution in [0.4, 0.5) is 0 Å². The molecule has 3 rings (SSSR count). The van der Waals surface area contributed by atoms with Crippen LogP contribution in [0.1, 0.15) is 49.5 Å². The Morgan fingerprint density at radius 1 is 0.964 bits per heavy atom. The molecule has 0 fully saturated rings. The molecule has 1 atom stereocenters. The van der Waals surface area contributed by atoms with Gasteiger partial charge in [0, 0.05) is 13.7 Å². The summed E-state index contributed by atoms with van der Waals surface area (Å²) in [6.45, 7) is 0.369. The Morgan fingerprint density at radius 2 is 1.57 bits per heavy atom. The second-order valence-corrected chi connectivity index (χ2v) is 6.70. The number of hydrogen-bond acceptors (Lipinski definition) is 5. The highest BCUT2D eigenvalue weighted by Gasteiger charge is 2.34. The molecule has 146 valence electrons. The molecule has 28 heavy (non-hydrogen) atoms. The third kappa shape index (κ3) is 4.12. The van der Waals surface area contributed by atoms with Gasteiger partial charge in [-0.1, -0.05) is 24.3 Å². The fraction of sp³-hybridized carbons (Fsp3) is 0.318. The number of carbonyl (C=O) groups excluding carboxylic acids is 3. The maximum Gasteiger partial charge on any atom is 0.337 e. The van der Waals surface area contributed by atoms with Gasteiger partial charge >= 0.3 is 5.97 Å². The van der Waals surface area contributed by atoms with Crippen LogP contribution < -0.4 is 0 Å². The first-order chi connectivity index (χ1) is 13.5. The van der Waals surface area contributed by atoms with Crippen LogP contribution in [0.5, 0.6) is 0 Å². The van der Waals surface area contributed by atoms with Crippen molar-refractivity contribution in [1.29, 1.82) is 0 Å². The van der Waals surface area contributed by atoms with E-state index >= 15 is 0 Å². The second kappa shape index (κ2) is 8.80. The molecule has 2 aromatic carbocycles. The van der Waals surface area contributed by atoms with Gasteiger partial charge in [-0.25, -0.2) is 4.79 Å². The highest BCUT2D eigenvalue weighted by Crippen LogP contribution is 2.23. The Hall–Kier alpha value is -2.99. The number of benzene rings is 2. The second-order valence-electron chi connectivity index (χ2n) is 6.70. The van der Waals surface area contributed by atoms with Crippen molar-refractivity contribution in [3.05, 3.63) is 70.8 Å². The van der Waals surface area contributed by atoms with Gasteiger partial charge < -0.3 is 9.47 Å². The van der Waals surface area contributed by atoms with Gasteiger partial charge in [-0.2, -0.15) is 0 Å². The number of rotatable bonds is 8. The number of imide groups is 1. The summed E-state index contributed by atoms with van der Waals surface area (Å²) in [5.41, 5.74) is 2.49. The van der Waals surface area contributed by atoms with E-state index in [1.54, 1.807) is 43.5 Å². The quantitative estimate of drug-likeness (QED) is 0.519. The maximum absolute atomic E-state index is 12.4. The van der Waals surface area contributed by atoms with Gasteiger partial charge in [0.25, 0.3) is 11.8 Å². The van der Waals surface area contributed by atoms with Crippen molar-refractivity contribution in [2.45, 2.75) is 25.4 Å². The van der Waals surface area contributed by atoms with E-state index in [-0.39, 0.29) is 23.9 Å². The lowest BCUT2D eigenvalue weighted by molar-refractivity contribution is 0.0595. The average molecular weight is 381 g/mol. The van der Waals surface area contributed by atoms with Crippen LogP contribution in [-0.4, -0.2) is 49.6 Å². The van der Waals surface area contributed by atoms with Crippen LogP contribution in [-0.2, 0) is 15.9 Å². The molecule has 2 aromatic rings. The lowest BCUT2D eigenvalue weighted by atomic mass is 10.0. The number of hydrogen-bond donors (Lipinski definition) is 0. The molecule has 1 aliphatic heterocycles. The highest BCUT2D eigenvalue weighted by molar-refractivity contribution is 6.21. The molecule has 0 N–H and O–H groups in total. The van der Waals surface area contributed by atoms with Crippen LogP contribution in [0.3, 0.4) is 0 Å². The Bertz CT molecular complexity index is 840. The summed E-state index contributed by atoms with van der Waals surface area (Å²) in [6.07, 6.45) is 2.01. The van der Waals surface area contributed by atoms with E-state index in [0.29, 0.717) is 42.5 Å². The summed E-state index contributed by atoms with van der Waals surface area (Å²) in [5.74, 6) is -0.822. The number of carbonyl (C=O) groups is 3. The molecule has 0 aliphatic carbocycles. The molecule has 1 aliphatic rings. The molecule has 0 radical (unpaired) electrons. The summed E-state index contributed by atoms with van der Waals surface area (Å²) < 4.78 is 10.3. The van der Waals surface area contributed by atoms with Crippen molar-refractivity contribution < 1.29 is 23.9 Å². The van der Waals surface area contributed by atoms with Crippen LogP contribution in [0.25, 0.3) is 0 Å². The third-order valence-corrected chi connectivity index (χ3v) is 4.96. The SMILES string of the molecule is COC(=O)c1ccc(C[C@@H](CCCN2C(=O)c3ccccc3C2=O)OC)cc1. The molecule has 0 unspecified atom stereocenters. The molecule has 0 saturated carbocycles. The zero-order valence-corrected chi connectivity index (χ0v) is 16.0. The van der Waals surface area contributed by atoms with Crippen LogP contribution in [0.2, 0.25) is 0 Å². The van der Waals surface area contributed by atoms with Gasteiger partial charge in [0.15, 0.2) is 0 Å². The van der Waals surface area contributed by atoms with E-state index in [1.807, 2.05) is 12.1 Å². The fourth-order valence-corrected chi connectivity index (χ4v) is 3.38. The minimum absolute atomic E-state index is 0.0424. The van der Waals surface area contributed by atoms with Crippen molar-refractivity contribution in [3.63, 3.8) is 0 Å². The topological polar surface area (TPSA) is 72.9 Å². The lowest BCUT2D eigenvalue weighted by Crippen LogP contribution is -2.31. The molecule has 0 saturated heterocycles. The molecule has 6 nitrogen and oxygen atoms in total. The van der Waals surface area contributed by atoms with E-state index < -0.39 is 0 Å². The summed E-state index contributed by atoms with van der Waals surface area (Å²) in [5, 5.41) is 0. The van der Waals surface area contributed by atoms with Gasteiger partial charge in [-0.05, 0) is 49.1 Å². The van der Waals surface area contributed by atoms with Crippen molar-refractivity contribution >= 4 is 17.8 Å². The third-order valence-electron chi connectivity index (χ3n) is 4.96. The first kappa shape index (κ1) is 19.8. The lowest BCUT2D eigenvalue weighted by Gasteiger charge is -2.18. The molecular formula is C22H23NO5. The van der Waals surface area contributed by atoms with Crippen molar-refractivity contribution in [3.8, 4) is 0 Å². The standard InChI is InChI=1S/C22H23NO5/c1-27-17(14-15-9-11-16(12-10-15)22(26)28-2)6-5-13-23-20(24)18-7-3-4-8-19(18)21(23)25/h3-4,7-12,17H,5-6,13-14H2,1-2H3/t17-/m1/s1. The summed E-state index contributed by atoms with van der Waals surface area (Å²) >= 11 is 0.